The van der Waals surface area contributed by atoms with Gasteiger partial charge in [-0.25, -0.2) is 0 Å². The molecular weight excluding hydrogens is 420 g/mol. The lowest BCUT2D eigenvalue weighted by atomic mass is 10.2. The van der Waals surface area contributed by atoms with Gasteiger partial charge in [-0.1, -0.05) is 15.9 Å². The molecule has 0 saturated carbocycles. The maximum atomic E-state index is 12.2. The molecule has 0 unspecified atom stereocenters. The van der Waals surface area contributed by atoms with E-state index in [2.05, 4.69) is 26.8 Å². The fraction of sp³-hybridized carbons (Fsp3) is 0.222. The standard InChI is InChI=1S/C18H19BrN2O4S/c1-3-25-15-9-4-12(10-16(15)24-2)18(23)21-20-17(22)11-26-14-7-5-13(19)6-8-14/h4-10H,3,11H2,1-2H3,(H,20,22)(H,21,23). The summed E-state index contributed by atoms with van der Waals surface area (Å²) >= 11 is 4.74. The molecule has 8 heteroatoms. The second-order valence-electron chi connectivity index (χ2n) is 5.04. The van der Waals surface area contributed by atoms with Crippen molar-refractivity contribution in [1.82, 2.24) is 10.9 Å². The number of benzene rings is 2. The number of hydrogen-bond donors (Lipinski definition) is 2. The number of halogens is 1. The monoisotopic (exact) mass is 438 g/mol. The van der Waals surface area contributed by atoms with Gasteiger partial charge in [-0.15, -0.1) is 11.8 Å². The summed E-state index contributed by atoms with van der Waals surface area (Å²) in [6.45, 7) is 2.36. The van der Waals surface area contributed by atoms with E-state index in [4.69, 9.17) is 9.47 Å². The normalized spacial score (nSPS) is 10.1. The van der Waals surface area contributed by atoms with Crippen LogP contribution in [0.15, 0.2) is 51.8 Å². The molecule has 138 valence electrons. The Labute approximate surface area is 164 Å². The molecule has 0 atom stereocenters. The molecule has 2 N–H and O–H groups in total. The highest BCUT2D eigenvalue weighted by atomic mass is 79.9. The topological polar surface area (TPSA) is 76.7 Å². The quantitative estimate of drug-likeness (QED) is 0.511. The van der Waals surface area contributed by atoms with Gasteiger partial charge in [-0.2, -0.15) is 0 Å². The highest BCUT2D eigenvalue weighted by Gasteiger charge is 2.12. The molecule has 0 aliphatic heterocycles. The third-order valence-electron chi connectivity index (χ3n) is 3.22. The lowest BCUT2D eigenvalue weighted by Crippen LogP contribution is -2.42. The van der Waals surface area contributed by atoms with E-state index in [1.54, 1.807) is 18.2 Å². The van der Waals surface area contributed by atoms with Gasteiger partial charge in [-0.3, -0.25) is 20.4 Å². The summed E-state index contributed by atoms with van der Waals surface area (Å²) in [6, 6.07) is 12.4. The molecule has 0 aliphatic carbocycles. The number of ether oxygens (including phenoxy) is 2. The number of nitrogens with one attached hydrogen (secondary N) is 2. The maximum absolute atomic E-state index is 12.2. The Bertz CT molecular complexity index is 768. The number of carbonyl (C=O) groups excluding carboxylic acids is 2. The van der Waals surface area contributed by atoms with Gasteiger partial charge < -0.3 is 9.47 Å². The first-order valence-electron chi connectivity index (χ1n) is 7.82. The van der Waals surface area contributed by atoms with Gasteiger partial charge in [0, 0.05) is 14.9 Å². The number of thioether (sulfide) groups is 1. The molecule has 0 bridgehead atoms. The molecule has 2 aromatic rings. The van der Waals surface area contributed by atoms with E-state index in [0.29, 0.717) is 23.7 Å². The van der Waals surface area contributed by atoms with E-state index in [1.807, 2.05) is 31.2 Å². The van der Waals surface area contributed by atoms with E-state index in [1.165, 1.54) is 18.9 Å². The summed E-state index contributed by atoms with van der Waals surface area (Å²) < 4.78 is 11.6. The zero-order valence-electron chi connectivity index (χ0n) is 14.4. The Morgan fingerprint density at radius 2 is 1.81 bits per heavy atom. The number of hydrazine groups is 1. The van der Waals surface area contributed by atoms with Crippen LogP contribution in [-0.2, 0) is 4.79 Å². The number of rotatable bonds is 7. The van der Waals surface area contributed by atoms with Crippen molar-refractivity contribution in [1.29, 1.82) is 0 Å². The average molecular weight is 439 g/mol. The van der Waals surface area contributed by atoms with E-state index in [-0.39, 0.29) is 11.7 Å². The molecule has 0 saturated heterocycles. The molecule has 26 heavy (non-hydrogen) atoms. The molecule has 0 spiro atoms. The minimum absolute atomic E-state index is 0.189. The molecule has 2 amide bonds. The Kier molecular flexibility index (Phi) is 7.80. The second kappa shape index (κ2) is 10.1. The van der Waals surface area contributed by atoms with Gasteiger partial charge in [0.2, 0.25) is 5.91 Å². The zero-order valence-corrected chi connectivity index (χ0v) is 16.8. The van der Waals surface area contributed by atoms with E-state index in [0.717, 1.165) is 9.37 Å². The number of methoxy groups -OCH3 is 1. The average Bonchev–Trinajstić information content (AvgIpc) is 2.66. The first-order valence-corrected chi connectivity index (χ1v) is 9.59. The van der Waals surface area contributed by atoms with Crippen LogP contribution in [0.2, 0.25) is 0 Å². The van der Waals surface area contributed by atoms with Gasteiger partial charge in [-0.05, 0) is 49.4 Å². The maximum Gasteiger partial charge on any atom is 0.269 e. The van der Waals surface area contributed by atoms with Crippen LogP contribution in [0.5, 0.6) is 11.5 Å². The minimum atomic E-state index is -0.437. The summed E-state index contributed by atoms with van der Waals surface area (Å²) in [6.07, 6.45) is 0. The first kappa shape index (κ1) is 20.1. The largest absolute Gasteiger partial charge is 0.493 e. The highest BCUT2D eigenvalue weighted by molar-refractivity contribution is 9.10. The van der Waals surface area contributed by atoms with Gasteiger partial charge >= 0.3 is 0 Å². The molecule has 0 radical (unpaired) electrons. The molecule has 6 nitrogen and oxygen atoms in total. The molecule has 2 aromatic carbocycles. The lowest BCUT2D eigenvalue weighted by molar-refractivity contribution is -0.119. The SMILES string of the molecule is CCOc1ccc(C(=O)NNC(=O)CSc2ccc(Br)cc2)cc1OC. The number of hydrogen-bond acceptors (Lipinski definition) is 5. The summed E-state index contributed by atoms with van der Waals surface area (Å²) in [5.41, 5.74) is 5.14. The Morgan fingerprint density at radius 3 is 2.46 bits per heavy atom. The van der Waals surface area contributed by atoms with Gasteiger partial charge in [0.1, 0.15) is 0 Å². The molecule has 2 rings (SSSR count). The number of amides is 2. The Hall–Kier alpha value is -2.19. The summed E-state index contributed by atoms with van der Waals surface area (Å²) in [7, 11) is 1.50. The summed E-state index contributed by atoms with van der Waals surface area (Å²) in [4.78, 5) is 25.0. The highest BCUT2D eigenvalue weighted by Crippen LogP contribution is 2.28. The molecular formula is C18H19BrN2O4S. The molecule has 0 aliphatic rings. The predicted octanol–water partition coefficient (Wildman–Crippen LogP) is 3.41. The summed E-state index contributed by atoms with van der Waals surface area (Å²) in [5.74, 6) is 0.463. The van der Waals surface area contributed by atoms with Crippen molar-refractivity contribution in [2.75, 3.05) is 19.5 Å². The minimum Gasteiger partial charge on any atom is -0.493 e. The zero-order chi connectivity index (χ0) is 18.9. The van der Waals surface area contributed by atoms with Crippen molar-refractivity contribution in [3.63, 3.8) is 0 Å². The number of carbonyl (C=O) groups is 2. The second-order valence-corrected chi connectivity index (χ2v) is 7.01. The smallest absolute Gasteiger partial charge is 0.269 e. The van der Waals surface area contributed by atoms with Gasteiger partial charge in [0.05, 0.1) is 19.5 Å². The van der Waals surface area contributed by atoms with Crippen LogP contribution in [0.4, 0.5) is 0 Å². The Morgan fingerprint density at radius 1 is 1.08 bits per heavy atom. The van der Waals surface area contributed by atoms with Crippen LogP contribution in [0, 0.1) is 0 Å². The van der Waals surface area contributed by atoms with Crippen LogP contribution in [0.1, 0.15) is 17.3 Å². The summed E-state index contributed by atoms with van der Waals surface area (Å²) in [5, 5.41) is 0. The third-order valence-corrected chi connectivity index (χ3v) is 4.77. The van der Waals surface area contributed by atoms with Crippen molar-refractivity contribution >= 4 is 39.5 Å². The van der Waals surface area contributed by atoms with E-state index < -0.39 is 5.91 Å². The van der Waals surface area contributed by atoms with Crippen molar-refractivity contribution in [2.45, 2.75) is 11.8 Å². The van der Waals surface area contributed by atoms with Crippen LogP contribution >= 0.6 is 27.7 Å². The molecule has 0 aromatic heterocycles. The van der Waals surface area contributed by atoms with Gasteiger partial charge in [0.15, 0.2) is 11.5 Å². The van der Waals surface area contributed by atoms with Crippen LogP contribution in [0.3, 0.4) is 0 Å². The first-order chi connectivity index (χ1) is 12.5. The third kappa shape index (κ3) is 5.96. The molecule has 0 fully saturated rings. The van der Waals surface area contributed by atoms with E-state index >= 15 is 0 Å². The van der Waals surface area contributed by atoms with Crippen LogP contribution < -0.4 is 20.3 Å². The van der Waals surface area contributed by atoms with Crippen molar-refractivity contribution in [3.05, 3.63) is 52.5 Å². The van der Waals surface area contributed by atoms with Crippen molar-refractivity contribution in [3.8, 4) is 11.5 Å². The Balaban J connectivity index is 1.85. The van der Waals surface area contributed by atoms with Gasteiger partial charge in [0.25, 0.3) is 5.91 Å². The molecule has 0 heterocycles. The van der Waals surface area contributed by atoms with Crippen molar-refractivity contribution in [2.24, 2.45) is 0 Å². The van der Waals surface area contributed by atoms with Crippen LogP contribution in [0.25, 0.3) is 0 Å². The predicted molar refractivity (Wildman–Crippen MR) is 105 cm³/mol. The van der Waals surface area contributed by atoms with Crippen LogP contribution in [-0.4, -0.2) is 31.3 Å². The lowest BCUT2D eigenvalue weighted by Gasteiger charge is -2.11. The fourth-order valence-corrected chi connectivity index (χ4v) is 2.96. The fourth-order valence-electron chi connectivity index (χ4n) is 2.00. The van der Waals surface area contributed by atoms with Crippen molar-refractivity contribution < 1.29 is 19.1 Å². The van der Waals surface area contributed by atoms with E-state index in [9.17, 15) is 9.59 Å².